The molecular formula is C19H26N4O5S. The summed E-state index contributed by atoms with van der Waals surface area (Å²) in [6, 6.07) is -0.487. The molecule has 0 radical (unpaired) electrons. The van der Waals surface area contributed by atoms with Gasteiger partial charge in [-0.3, -0.25) is 10.5 Å². The largest absolute Gasteiger partial charge is 0.497 e. The molecule has 2 rings (SSSR count). The van der Waals surface area contributed by atoms with Crippen molar-refractivity contribution >= 4 is 28.4 Å². The first-order valence-corrected chi connectivity index (χ1v) is 10.1. The van der Waals surface area contributed by atoms with Gasteiger partial charge in [-0.05, 0) is 13.3 Å². The normalized spacial score (nSPS) is 25.0. The molecule has 0 aliphatic carbocycles. The number of thioether (sulfide) groups is 1. The van der Waals surface area contributed by atoms with Gasteiger partial charge in [-0.25, -0.2) is 4.99 Å². The summed E-state index contributed by atoms with van der Waals surface area (Å²) in [6.45, 7) is 3.72. The number of allylic oxidation sites excluding steroid dienone is 1. The topological polar surface area (TPSA) is 128 Å². The fraction of sp³-hybridized carbons (Fsp3) is 0.526. The Labute approximate surface area is 174 Å². The van der Waals surface area contributed by atoms with E-state index in [1.807, 2.05) is 6.92 Å². The Morgan fingerprint density at radius 1 is 1.69 bits per heavy atom. The van der Waals surface area contributed by atoms with E-state index in [4.69, 9.17) is 26.5 Å². The minimum absolute atomic E-state index is 0.0428. The summed E-state index contributed by atoms with van der Waals surface area (Å²) in [5.74, 6) is 2.95. The second kappa shape index (κ2) is 10.3. The molecule has 158 valence electrons. The van der Waals surface area contributed by atoms with Gasteiger partial charge in [0, 0.05) is 17.9 Å². The fourth-order valence-electron chi connectivity index (χ4n) is 2.63. The first-order valence-electron chi connectivity index (χ1n) is 9.08. The number of methoxy groups -OCH3 is 1. The van der Waals surface area contributed by atoms with Crippen LogP contribution in [0.3, 0.4) is 0 Å². The van der Waals surface area contributed by atoms with Crippen LogP contribution in [0.25, 0.3) is 0 Å². The van der Waals surface area contributed by atoms with Crippen molar-refractivity contribution in [3.05, 3.63) is 23.7 Å². The summed E-state index contributed by atoms with van der Waals surface area (Å²) in [6.07, 6.45) is 8.38. The zero-order chi connectivity index (χ0) is 21.4. The smallest absolute Gasteiger partial charge is 0.264 e. The van der Waals surface area contributed by atoms with Gasteiger partial charge < -0.3 is 24.7 Å². The molecule has 0 saturated carbocycles. The third-order valence-electron chi connectivity index (χ3n) is 4.09. The molecule has 0 aromatic carbocycles. The van der Waals surface area contributed by atoms with Crippen LogP contribution in [0.15, 0.2) is 33.8 Å². The molecule has 1 unspecified atom stereocenters. The van der Waals surface area contributed by atoms with E-state index < -0.39 is 23.9 Å². The summed E-state index contributed by atoms with van der Waals surface area (Å²) in [7, 11) is 1.49. The summed E-state index contributed by atoms with van der Waals surface area (Å²) in [5.41, 5.74) is 5.28. The number of aliphatic imine (C=N–C) groups is 1. The lowest BCUT2D eigenvalue weighted by Crippen LogP contribution is -2.56. The van der Waals surface area contributed by atoms with E-state index in [1.54, 1.807) is 13.0 Å². The highest BCUT2D eigenvalue weighted by atomic mass is 32.2. The van der Waals surface area contributed by atoms with Crippen LogP contribution in [0.2, 0.25) is 0 Å². The third-order valence-corrected chi connectivity index (χ3v) is 5.34. The number of carbonyl (C=O) groups excluding carboxylic acids is 1. The fourth-order valence-corrected chi connectivity index (χ4v) is 3.66. The molecule has 0 bridgehead atoms. The number of nitrogens with two attached hydrogens (primary N) is 1. The highest BCUT2D eigenvalue weighted by molar-refractivity contribution is 8.16. The number of ether oxygens (including phenoxy) is 2. The zero-order valence-corrected chi connectivity index (χ0v) is 17.5. The molecule has 0 aromatic rings. The quantitative estimate of drug-likeness (QED) is 0.218. The molecule has 2 aliphatic heterocycles. The van der Waals surface area contributed by atoms with Crippen molar-refractivity contribution in [1.82, 2.24) is 5.32 Å². The molecular weight excluding hydrogens is 396 g/mol. The maximum atomic E-state index is 12.9. The van der Waals surface area contributed by atoms with Crippen LogP contribution in [0.1, 0.15) is 26.7 Å². The van der Waals surface area contributed by atoms with E-state index >= 15 is 0 Å². The number of aliphatic hydroxyl groups is 1. The molecule has 0 saturated heterocycles. The second-order valence-electron chi connectivity index (χ2n) is 6.43. The van der Waals surface area contributed by atoms with Gasteiger partial charge in [-0.15, -0.1) is 18.2 Å². The van der Waals surface area contributed by atoms with Crippen LogP contribution in [-0.4, -0.2) is 59.2 Å². The Balaban J connectivity index is 2.14. The van der Waals surface area contributed by atoms with Gasteiger partial charge in [0.05, 0.1) is 13.2 Å². The highest BCUT2D eigenvalue weighted by Crippen LogP contribution is 2.27. The van der Waals surface area contributed by atoms with Gasteiger partial charge in [-0.1, -0.05) is 24.4 Å². The lowest BCUT2D eigenvalue weighted by Gasteiger charge is -2.28. The molecule has 2 aliphatic rings. The number of amides is 1. The SMILES string of the molecule is C#CCO/N=C(\C)C1=N[C@](N)(C(=O)N[C@H](CCC)C2=CC(OC)=CC(O)O2)CS1. The average Bonchev–Trinajstić information content (AvgIpc) is 3.11. The van der Waals surface area contributed by atoms with E-state index in [9.17, 15) is 9.90 Å². The van der Waals surface area contributed by atoms with Crippen molar-refractivity contribution in [2.75, 3.05) is 19.5 Å². The molecule has 2 heterocycles. The van der Waals surface area contributed by atoms with E-state index in [0.717, 1.165) is 6.42 Å². The van der Waals surface area contributed by atoms with Crippen LogP contribution in [0, 0.1) is 12.3 Å². The lowest BCUT2D eigenvalue weighted by atomic mass is 10.1. The number of nitrogens with one attached hydrogen (secondary N) is 1. The third kappa shape index (κ3) is 6.00. The van der Waals surface area contributed by atoms with E-state index in [1.165, 1.54) is 24.9 Å². The number of nitrogens with zero attached hydrogens (tertiary/aromatic N) is 2. The zero-order valence-electron chi connectivity index (χ0n) is 16.7. The molecule has 0 aromatic heterocycles. The predicted octanol–water partition coefficient (Wildman–Crippen LogP) is 0.860. The van der Waals surface area contributed by atoms with Gasteiger partial charge in [0.25, 0.3) is 5.91 Å². The van der Waals surface area contributed by atoms with Crippen molar-refractivity contribution in [2.24, 2.45) is 15.9 Å². The molecule has 1 amide bonds. The number of hydrogen-bond acceptors (Lipinski definition) is 9. The van der Waals surface area contributed by atoms with Crippen LogP contribution in [0.4, 0.5) is 0 Å². The number of aliphatic hydroxyl groups excluding tert-OH is 1. The van der Waals surface area contributed by atoms with Crippen molar-refractivity contribution in [2.45, 2.75) is 44.7 Å². The van der Waals surface area contributed by atoms with Crippen LogP contribution < -0.4 is 11.1 Å². The average molecular weight is 423 g/mol. The van der Waals surface area contributed by atoms with Gasteiger partial charge in [-0.2, -0.15) is 0 Å². The number of rotatable bonds is 9. The first-order chi connectivity index (χ1) is 13.8. The highest BCUT2D eigenvalue weighted by Gasteiger charge is 2.41. The molecule has 0 fully saturated rings. The van der Waals surface area contributed by atoms with Crippen molar-refractivity contribution in [3.8, 4) is 12.3 Å². The van der Waals surface area contributed by atoms with E-state index in [0.29, 0.717) is 28.7 Å². The van der Waals surface area contributed by atoms with Crippen LogP contribution in [-0.2, 0) is 19.1 Å². The first kappa shape index (κ1) is 22.8. The van der Waals surface area contributed by atoms with Gasteiger partial charge >= 0.3 is 0 Å². The molecule has 29 heavy (non-hydrogen) atoms. The molecule has 10 heteroatoms. The Kier molecular flexibility index (Phi) is 8.13. The van der Waals surface area contributed by atoms with Gasteiger partial charge in [0.1, 0.15) is 22.3 Å². The standard InChI is InChI=1S/C19H26N4O5S/c1-5-7-14(15-9-13(26-4)10-16(24)28-15)21-18(25)19(20)11-29-17(22-19)12(3)23-27-8-6-2/h2,9-10,14,16,24H,5,7-8,11,20H2,1,3-4H3,(H,21,25)/b23-12+/t14-,16?,19+/m1/s1. The number of carbonyl (C=O) groups is 1. The Morgan fingerprint density at radius 2 is 2.45 bits per heavy atom. The monoisotopic (exact) mass is 422 g/mol. The molecule has 4 N–H and O–H groups in total. The second-order valence-corrected chi connectivity index (χ2v) is 7.39. The lowest BCUT2D eigenvalue weighted by molar-refractivity contribution is -0.126. The maximum absolute atomic E-state index is 12.9. The summed E-state index contributed by atoms with van der Waals surface area (Å²) >= 11 is 1.31. The Hall–Kier alpha value is -2.48. The predicted molar refractivity (Wildman–Crippen MR) is 112 cm³/mol. The molecule has 3 atom stereocenters. The molecule has 0 spiro atoms. The number of oxime groups is 1. The Bertz CT molecular complexity index is 786. The summed E-state index contributed by atoms with van der Waals surface area (Å²) in [5, 5.41) is 17.1. The van der Waals surface area contributed by atoms with Crippen LogP contribution in [0.5, 0.6) is 0 Å². The Morgan fingerprint density at radius 3 is 3.10 bits per heavy atom. The van der Waals surface area contributed by atoms with Crippen molar-refractivity contribution in [3.63, 3.8) is 0 Å². The molecule has 9 nitrogen and oxygen atoms in total. The van der Waals surface area contributed by atoms with E-state index in [-0.39, 0.29) is 12.4 Å². The van der Waals surface area contributed by atoms with Crippen molar-refractivity contribution in [1.29, 1.82) is 0 Å². The van der Waals surface area contributed by atoms with Crippen molar-refractivity contribution < 1.29 is 24.2 Å². The van der Waals surface area contributed by atoms with E-state index in [2.05, 4.69) is 21.4 Å². The maximum Gasteiger partial charge on any atom is 0.264 e. The summed E-state index contributed by atoms with van der Waals surface area (Å²) in [4.78, 5) is 22.2. The van der Waals surface area contributed by atoms with Gasteiger partial charge in [0.2, 0.25) is 6.29 Å². The number of terminal acetylenes is 1. The minimum Gasteiger partial charge on any atom is -0.497 e. The summed E-state index contributed by atoms with van der Waals surface area (Å²) < 4.78 is 10.6. The van der Waals surface area contributed by atoms with Crippen LogP contribution >= 0.6 is 11.8 Å². The minimum atomic E-state index is -1.46. The van der Waals surface area contributed by atoms with Gasteiger partial charge in [0.15, 0.2) is 12.3 Å². The number of hydrogen-bond donors (Lipinski definition) is 3.